The molecule has 0 fully saturated rings. The van der Waals surface area contributed by atoms with Crippen LogP contribution in [0.3, 0.4) is 0 Å². The molecule has 2 aromatic heterocycles. The maximum Gasteiger partial charge on any atom is 0.272 e. The van der Waals surface area contributed by atoms with Gasteiger partial charge in [-0.15, -0.1) is 0 Å². The Labute approximate surface area is 122 Å². The van der Waals surface area contributed by atoms with Gasteiger partial charge in [-0.25, -0.2) is 9.97 Å². The lowest BCUT2D eigenvalue weighted by atomic mass is 10.2. The summed E-state index contributed by atoms with van der Waals surface area (Å²) in [6, 6.07) is 1.84. The first-order valence-corrected chi connectivity index (χ1v) is 6.61. The summed E-state index contributed by atoms with van der Waals surface area (Å²) >= 11 is 0. The van der Waals surface area contributed by atoms with E-state index in [1.807, 2.05) is 27.0 Å². The molecule has 2 heterocycles. The molecule has 112 valence electrons. The molecule has 0 atom stereocenters. The monoisotopic (exact) mass is 289 g/mol. The van der Waals surface area contributed by atoms with E-state index in [1.165, 1.54) is 6.20 Å². The number of hydrogen-bond donors (Lipinski definition) is 3. The standard InChI is InChI=1S/C13H19N7O/c1-8(2)12-15-7-10(19-14)11(18-12)13(21)16-6-9-4-5-17-20(9)3/h4-5,7-8,19H,6,14H2,1-3H3,(H,16,21). The number of anilines is 1. The molecular formula is C13H19N7O. The van der Waals surface area contributed by atoms with Crippen LogP contribution in [0, 0.1) is 0 Å². The van der Waals surface area contributed by atoms with Gasteiger partial charge in [-0.05, 0) is 6.07 Å². The molecule has 4 N–H and O–H groups in total. The Balaban J connectivity index is 2.17. The highest BCUT2D eigenvalue weighted by Gasteiger charge is 2.16. The number of nitrogens with zero attached hydrogens (tertiary/aromatic N) is 4. The smallest absolute Gasteiger partial charge is 0.272 e. The minimum atomic E-state index is -0.312. The lowest BCUT2D eigenvalue weighted by Gasteiger charge is -2.11. The van der Waals surface area contributed by atoms with Crippen molar-refractivity contribution in [3.63, 3.8) is 0 Å². The van der Waals surface area contributed by atoms with Crippen molar-refractivity contribution in [2.75, 3.05) is 5.43 Å². The van der Waals surface area contributed by atoms with Crippen LogP contribution in [0.1, 0.15) is 41.8 Å². The molecule has 2 aromatic rings. The first kappa shape index (κ1) is 14.9. The number of hydrazine groups is 1. The number of aryl methyl sites for hydroxylation is 1. The molecule has 0 spiro atoms. The zero-order chi connectivity index (χ0) is 15.4. The number of carbonyl (C=O) groups excluding carboxylic acids is 1. The van der Waals surface area contributed by atoms with Gasteiger partial charge in [0.15, 0.2) is 5.69 Å². The number of nitrogens with two attached hydrogens (primary N) is 1. The predicted octanol–water partition coefficient (Wildman–Crippen LogP) is 0.549. The number of aromatic nitrogens is 4. The van der Waals surface area contributed by atoms with Gasteiger partial charge in [0.1, 0.15) is 5.82 Å². The lowest BCUT2D eigenvalue weighted by Crippen LogP contribution is -2.27. The first-order valence-electron chi connectivity index (χ1n) is 6.61. The van der Waals surface area contributed by atoms with E-state index in [-0.39, 0.29) is 17.5 Å². The molecule has 0 aliphatic rings. The maximum atomic E-state index is 12.3. The molecule has 0 unspecified atom stereocenters. The van der Waals surface area contributed by atoms with E-state index in [0.717, 1.165) is 5.69 Å². The molecule has 0 bridgehead atoms. The quantitative estimate of drug-likeness (QED) is 0.547. The second kappa shape index (κ2) is 6.31. The largest absolute Gasteiger partial charge is 0.345 e. The van der Waals surface area contributed by atoms with Gasteiger partial charge in [-0.1, -0.05) is 13.8 Å². The van der Waals surface area contributed by atoms with Crippen LogP contribution in [-0.4, -0.2) is 25.7 Å². The van der Waals surface area contributed by atoms with Crippen LogP contribution in [0.25, 0.3) is 0 Å². The topological polar surface area (TPSA) is 111 Å². The Kier molecular flexibility index (Phi) is 4.49. The van der Waals surface area contributed by atoms with Gasteiger partial charge in [-0.2, -0.15) is 5.10 Å². The Hall–Kier alpha value is -2.48. The number of rotatable bonds is 5. The fraction of sp³-hybridized carbons (Fsp3) is 0.385. The molecule has 0 aliphatic carbocycles. The highest BCUT2D eigenvalue weighted by molar-refractivity contribution is 5.97. The minimum absolute atomic E-state index is 0.125. The summed E-state index contributed by atoms with van der Waals surface area (Å²) < 4.78 is 1.70. The summed E-state index contributed by atoms with van der Waals surface area (Å²) in [6.45, 7) is 4.28. The second-order valence-electron chi connectivity index (χ2n) is 4.92. The molecular weight excluding hydrogens is 270 g/mol. The fourth-order valence-electron chi connectivity index (χ4n) is 1.78. The Morgan fingerprint density at radius 3 is 2.81 bits per heavy atom. The van der Waals surface area contributed by atoms with Gasteiger partial charge in [0.05, 0.1) is 24.1 Å². The maximum absolute atomic E-state index is 12.3. The SMILES string of the molecule is CC(C)c1ncc(NN)c(C(=O)NCc2ccnn2C)n1. The molecule has 8 nitrogen and oxygen atoms in total. The molecule has 0 saturated carbocycles. The third-order valence-corrected chi connectivity index (χ3v) is 3.05. The van der Waals surface area contributed by atoms with Gasteiger partial charge < -0.3 is 10.7 Å². The van der Waals surface area contributed by atoms with Gasteiger partial charge >= 0.3 is 0 Å². The van der Waals surface area contributed by atoms with E-state index in [1.54, 1.807) is 10.9 Å². The molecule has 0 aromatic carbocycles. The number of amides is 1. The number of nitrogen functional groups attached to an aromatic ring is 1. The normalized spacial score (nSPS) is 10.7. The molecule has 21 heavy (non-hydrogen) atoms. The zero-order valence-corrected chi connectivity index (χ0v) is 12.3. The van der Waals surface area contributed by atoms with Crippen LogP contribution in [0.5, 0.6) is 0 Å². The third kappa shape index (κ3) is 3.34. The fourth-order valence-corrected chi connectivity index (χ4v) is 1.78. The van der Waals surface area contributed by atoms with Crippen molar-refractivity contribution in [2.24, 2.45) is 12.9 Å². The van der Waals surface area contributed by atoms with E-state index in [0.29, 0.717) is 18.1 Å². The summed E-state index contributed by atoms with van der Waals surface area (Å²) in [5.74, 6) is 5.82. The molecule has 2 rings (SSSR count). The summed E-state index contributed by atoms with van der Waals surface area (Å²) in [7, 11) is 1.82. The summed E-state index contributed by atoms with van der Waals surface area (Å²) in [5, 5.41) is 6.84. The van der Waals surface area contributed by atoms with Crippen LogP contribution in [0.2, 0.25) is 0 Å². The second-order valence-corrected chi connectivity index (χ2v) is 4.92. The number of carbonyl (C=O) groups is 1. The third-order valence-electron chi connectivity index (χ3n) is 3.05. The van der Waals surface area contributed by atoms with Crippen molar-refractivity contribution in [3.05, 3.63) is 35.7 Å². The molecule has 0 saturated heterocycles. The van der Waals surface area contributed by atoms with Crippen molar-refractivity contribution < 1.29 is 4.79 Å². The predicted molar refractivity (Wildman–Crippen MR) is 78.3 cm³/mol. The number of nitrogens with one attached hydrogen (secondary N) is 2. The minimum Gasteiger partial charge on any atom is -0.345 e. The number of hydrogen-bond acceptors (Lipinski definition) is 6. The van der Waals surface area contributed by atoms with Crippen molar-refractivity contribution in [3.8, 4) is 0 Å². The van der Waals surface area contributed by atoms with Crippen LogP contribution in [0.15, 0.2) is 18.5 Å². The molecule has 0 radical (unpaired) electrons. The van der Waals surface area contributed by atoms with E-state index in [2.05, 4.69) is 25.8 Å². The average Bonchev–Trinajstić information content (AvgIpc) is 2.89. The van der Waals surface area contributed by atoms with Crippen molar-refractivity contribution >= 4 is 11.6 Å². The van der Waals surface area contributed by atoms with Crippen LogP contribution < -0.4 is 16.6 Å². The summed E-state index contributed by atoms with van der Waals surface area (Å²) in [5.41, 5.74) is 3.96. The lowest BCUT2D eigenvalue weighted by molar-refractivity contribution is 0.0945. The van der Waals surface area contributed by atoms with Crippen molar-refractivity contribution in [1.29, 1.82) is 0 Å². The van der Waals surface area contributed by atoms with Crippen LogP contribution >= 0.6 is 0 Å². The Morgan fingerprint density at radius 1 is 1.48 bits per heavy atom. The van der Waals surface area contributed by atoms with E-state index >= 15 is 0 Å². The molecule has 1 amide bonds. The van der Waals surface area contributed by atoms with Gasteiger partial charge in [0, 0.05) is 19.2 Å². The first-order chi connectivity index (χ1) is 10.0. The van der Waals surface area contributed by atoms with E-state index in [4.69, 9.17) is 5.84 Å². The highest BCUT2D eigenvalue weighted by Crippen LogP contribution is 2.15. The average molecular weight is 289 g/mol. The summed E-state index contributed by atoms with van der Waals surface area (Å²) in [6.07, 6.45) is 3.19. The zero-order valence-electron chi connectivity index (χ0n) is 12.3. The van der Waals surface area contributed by atoms with Gasteiger partial charge in [0.2, 0.25) is 0 Å². The van der Waals surface area contributed by atoms with E-state index < -0.39 is 0 Å². The van der Waals surface area contributed by atoms with Crippen molar-refractivity contribution in [2.45, 2.75) is 26.3 Å². The van der Waals surface area contributed by atoms with Crippen molar-refractivity contribution in [1.82, 2.24) is 25.1 Å². The Morgan fingerprint density at radius 2 is 2.24 bits per heavy atom. The summed E-state index contributed by atoms with van der Waals surface area (Å²) in [4.78, 5) is 20.7. The molecule has 8 heteroatoms. The molecule has 0 aliphatic heterocycles. The van der Waals surface area contributed by atoms with Gasteiger partial charge in [0.25, 0.3) is 5.91 Å². The van der Waals surface area contributed by atoms with Crippen LogP contribution in [0.4, 0.5) is 5.69 Å². The van der Waals surface area contributed by atoms with Gasteiger partial charge in [-0.3, -0.25) is 15.3 Å². The van der Waals surface area contributed by atoms with Crippen LogP contribution in [-0.2, 0) is 13.6 Å². The van der Waals surface area contributed by atoms with E-state index in [9.17, 15) is 4.79 Å². The highest BCUT2D eigenvalue weighted by atomic mass is 16.1. The Bertz CT molecular complexity index is 635.